The lowest BCUT2D eigenvalue weighted by Crippen LogP contribution is -2.43. The van der Waals surface area contributed by atoms with Gasteiger partial charge in [-0.3, -0.25) is 0 Å². The second kappa shape index (κ2) is 5.61. The molecule has 1 N–H and O–H groups in total. The molecule has 0 amide bonds. The summed E-state index contributed by atoms with van der Waals surface area (Å²) in [7, 11) is -2.04. The maximum absolute atomic E-state index is 12.5. The molecule has 0 spiro atoms. The average Bonchev–Trinajstić information content (AvgIpc) is 2.09. The first-order chi connectivity index (χ1) is 7.12. The number of nitrogens with zero attached hydrogens (tertiary/aromatic N) is 2. The first-order valence-corrected chi connectivity index (χ1v) is 8.01. The summed E-state index contributed by atoms with van der Waals surface area (Å²) in [6.45, 7) is 9.88. The van der Waals surface area contributed by atoms with E-state index in [0.29, 0.717) is 0 Å². The van der Waals surface area contributed by atoms with E-state index in [-0.39, 0.29) is 11.6 Å². The second-order valence-corrected chi connectivity index (χ2v) is 10.00. The zero-order chi connectivity index (χ0) is 13.0. The lowest BCUT2D eigenvalue weighted by atomic mass is 10.2. The van der Waals surface area contributed by atoms with Crippen molar-refractivity contribution in [3.05, 3.63) is 0 Å². The van der Waals surface area contributed by atoms with E-state index >= 15 is 0 Å². The fourth-order valence-corrected chi connectivity index (χ4v) is 1.76. The summed E-state index contributed by atoms with van der Waals surface area (Å²) >= 11 is 0. The largest absolute Gasteiger partial charge is 0.414 e. The molecule has 94 valence electrons. The van der Waals surface area contributed by atoms with E-state index in [9.17, 15) is 8.78 Å². The van der Waals surface area contributed by atoms with Crippen molar-refractivity contribution in [2.45, 2.75) is 51.4 Å². The van der Waals surface area contributed by atoms with Gasteiger partial charge in [0.2, 0.25) is 11.0 Å². The highest BCUT2D eigenvalue weighted by Gasteiger charge is 2.39. The van der Waals surface area contributed by atoms with Crippen LogP contribution in [0.25, 0.3) is 0 Å². The minimum absolute atomic E-state index is 0.0300. The molecule has 16 heavy (non-hydrogen) atoms. The maximum atomic E-state index is 12.5. The van der Waals surface area contributed by atoms with Gasteiger partial charge in [-0.05, 0) is 18.1 Å². The Kier molecular flexibility index (Phi) is 5.38. The lowest BCUT2D eigenvalue weighted by Gasteiger charge is -2.36. The van der Waals surface area contributed by atoms with Crippen molar-refractivity contribution in [1.29, 1.82) is 5.53 Å². The number of halogens is 2. The number of alkyl halides is 2. The molecule has 0 aromatic heterocycles. The lowest BCUT2D eigenvalue weighted by molar-refractivity contribution is 0.0833. The predicted octanol–water partition coefficient (Wildman–Crippen LogP) is 3.19. The Bertz CT molecular complexity index is 272. The molecule has 7 heteroatoms. The molecule has 4 nitrogen and oxygen atoms in total. The van der Waals surface area contributed by atoms with Gasteiger partial charge in [0.25, 0.3) is 6.43 Å². The van der Waals surface area contributed by atoms with Crippen LogP contribution in [0.15, 0.2) is 5.11 Å². The summed E-state index contributed by atoms with van der Waals surface area (Å²) in [4.78, 5) is 2.65. The van der Waals surface area contributed by atoms with Crippen LogP contribution < -0.4 is 4.91 Å². The molecule has 0 radical (unpaired) electrons. The van der Waals surface area contributed by atoms with E-state index in [0.717, 1.165) is 0 Å². The number of rotatable bonds is 5. The van der Waals surface area contributed by atoms with Crippen LogP contribution in [0.1, 0.15) is 20.8 Å². The Balaban J connectivity index is 4.47. The minimum atomic E-state index is -2.64. The van der Waals surface area contributed by atoms with Crippen molar-refractivity contribution < 1.29 is 13.2 Å². The summed E-state index contributed by atoms with van der Waals surface area (Å²) in [5.74, 6) is 0. The maximum Gasteiger partial charge on any atom is 0.270 e. The van der Waals surface area contributed by atoms with Gasteiger partial charge in [0.05, 0.1) is 6.61 Å². The molecule has 0 aliphatic heterocycles. The van der Waals surface area contributed by atoms with Crippen LogP contribution in [0.4, 0.5) is 8.78 Å². The standard InChI is InChI=1S/C9H20F2N3OSi/c1-9(2,3)16(4,5)15-6-7(8(10)11)13-14-12/h7-8,12H,6H2,1-5H3/q+1/t7-/m0/s1. The smallest absolute Gasteiger partial charge is 0.270 e. The molecule has 1 atom stereocenters. The highest BCUT2D eigenvalue weighted by atomic mass is 28.4. The van der Waals surface area contributed by atoms with Gasteiger partial charge in [-0.2, -0.15) is 0 Å². The van der Waals surface area contributed by atoms with Crippen LogP contribution in [0, 0.1) is 5.53 Å². The summed E-state index contributed by atoms with van der Waals surface area (Å²) in [6.07, 6.45) is -2.64. The first kappa shape index (κ1) is 15.3. The van der Waals surface area contributed by atoms with Crippen molar-refractivity contribution in [2.75, 3.05) is 6.61 Å². The third-order valence-electron chi connectivity index (χ3n) is 2.92. The van der Waals surface area contributed by atoms with Crippen LogP contribution in [-0.2, 0) is 4.43 Å². The van der Waals surface area contributed by atoms with Crippen LogP contribution in [0.3, 0.4) is 0 Å². The van der Waals surface area contributed by atoms with Crippen molar-refractivity contribution in [1.82, 2.24) is 4.91 Å². The van der Waals surface area contributed by atoms with Crippen molar-refractivity contribution >= 4 is 8.32 Å². The zero-order valence-electron chi connectivity index (χ0n) is 10.4. The normalized spacial score (nSPS) is 14.8. The molecule has 0 rings (SSSR count). The van der Waals surface area contributed by atoms with Crippen LogP contribution in [0.5, 0.6) is 0 Å². The molecule has 0 heterocycles. The number of nitrogens with one attached hydrogen (secondary N) is 1. The second-order valence-electron chi connectivity index (χ2n) is 5.19. The van der Waals surface area contributed by atoms with Gasteiger partial charge in [0.15, 0.2) is 8.32 Å². The van der Waals surface area contributed by atoms with Gasteiger partial charge in [-0.1, -0.05) is 20.8 Å². The van der Waals surface area contributed by atoms with Crippen LogP contribution >= 0.6 is 0 Å². The molecule has 0 unspecified atom stereocenters. The minimum Gasteiger partial charge on any atom is -0.414 e. The fraction of sp³-hybridized carbons (Fsp3) is 1.00. The van der Waals surface area contributed by atoms with Gasteiger partial charge in [0.1, 0.15) is 10.6 Å². The van der Waals surface area contributed by atoms with E-state index in [2.05, 4.69) is 10.0 Å². The molecule has 0 aromatic rings. The molecule has 0 fully saturated rings. The number of hydrogen-bond donors (Lipinski definition) is 1. The predicted molar refractivity (Wildman–Crippen MR) is 60.2 cm³/mol. The summed E-state index contributed by atoms with van der Waals surface area (Å²) in [6, 6.07) is -1.33. The van der Waals surface area contributed by atoms with Gasteiger partial charge in [-0.15, -0.1) is 0 Å². The first-order valence-electron chi connectivity index (χ1n) is 5.10. The number of hydrogen-bond acceptors (Lipinski definition) is 3. The van der Waals surface area contributed by atoms with E-state index < -0.39 is 20.8 Å². The van der Waals surface area contributed by atoms with E-state index in [4.69, 9.17) is 9.96 Å². The van der Waals surface area contributed by atoms with E-state index in [1.54, 1.807) is 0 Å². The van der Waals surface area contributed by atoms with Crippen molar-refractivity contribution in [3.63, 3.8) is 0 Å². The summed E-state index contributed by atoms with van der Waals surface area (Å²) in [5, 5.41) is 3.12. The molecule has 0 aliphatic rings. The van der Waals surface area contributed by atoms with Crippen molar-refractivity contribution in [3.8, 4) is 0 Å². The van der Waals surface area contributed by atoms with Crippen LogP contribution in [-0.4, -0.2) is 27.4 Å². The van der Waals surface area contributed by atoms with Gasteiger partial charge in [-0.25, -0.2) is 8.78 Å². The van der Waals surface area contributed by atoms with Crippen LogP contribution in [0.2, 0.25) is 18.1 Å². The molecule has 0 saturated carbocycles. The van der Waals surface area contributed by atoms with E-state index in [1.165, 1.54) is 0 Å². The Labute approximate surface area is 95.7 Å². The molecule has 0 saturated heterocycles. The van der Waals surface area contributed by atoms with Gasteiger partial charge < -0.3 is 4.43 Å². The van der Waals surface area contributed by atoms with E-state index in [1.807, 2.05) is 33.9 Å². The molecule has 0 aromatic carbocycles. The highest BCUT2D eigenvalue weighted by Crippen LogP contribution is 2.36. The topological polar surface area (TPSA) is 59.5 Å². The average molecular weight is 252 g/mol. The highest BCUT2D eigenvalue weighted by molar-refractivity contribution is 6.74. The molecular formula is C9H20F2N3OSi+. The Morgan fingerprint density at radius 1 is 1.38 bits per heavy atom. The van der Waals surface area contributed by atoms with Gasteiger partial charge >= 0.3 is 0 Å². The SMILES string of the molecule is CC(C)(C)[Si](C)(C)OC[C@H](N=[N+]=N)C(F)F. The molecule has 0 aliphatic carbocycles. The summed E-state index contributed by atoms with van der Waals surface area (Å²) in [5.41, 5.74) is 6.46. The Hall–Kier alpha value is -0.653. The Morgan fingerprint density at radius 2 is 1.88 bits per heavy atom. The quantitative estimate of drug-likeness (QED) is 0.456. The fourth-order valence-electron chi connectivity index (χ4n) is 0.741. The van der Waals surface area contributed by atoms with Crippen molar-refractivity contribution in [2.24, 2.45) is 5.11 Å². The molecular weight excluding hydrogens is 232 g/mol. The third kappa shape index (κ3) is 4.47. The Morgan fingerprint density at radius 3 is 2.19 bits per heavy atom. The zero-order valence-corrected chi connectivity index (χ0v) is 11.4. The third-order valence-corrected chi connectivity index (χ3v) is 7.42. The summed E-state index contributed by atoms with van der Waals surface area (Å²) < 4.78 is 30.5. The molecule has 0 bridgehead atoms. The van der Waals surface area contributed by atoms with Gasteiger partial charge in [0, 0.05) is 0 Å². The monoisotopic (exact) mass is 252 g/mol.